The fourth-order valence-electron chi connectivity index (χ4n) is 2.31. The standard InChI is InChI=1S/C14H19O2/c1-14(15,12-8-4-2-5-9-12)16-13-10-6-3-7-11-13/h2,4-5,8-9,13H,3,6-7,10-11H2,1H3. The zero-order chi connectivity index (χ0) is 11.4. The van der Waals surface area contributed by atoms with Crippen molar-refractivity contribution in [1.82, 2.24) is 0 Å². The molecule has 1 fully saturated rings. The Balaban J connectivity index is 2.01. The van der Waals surface area contributed by atoms with Gasteiger partial charge in [0.1, 0.15) is 0 Å². The van der Waals surface area contributed by atoms with Gasteiger partial charge in [-0.25, -0.2) is 0 Å². The first kappa shape index (κ1) is 11.6. The second kappa shape index (κ2) is 4.98. The van der Waals surface area contributed by atoms with Crippen molar-refractivity contribution in [3.63, 3.8) is 0 Å². The number of ether oxygens (including phenoxy) is 1. The molecule has 0 spiro atoms. The minimum Gasteiger partial charge on any atom is -0.341 e. The molecule has 1 aliphatic carbocycles. The Morgan fingerprint density at radius 2 is 1.75 bits per heavy atom. The van der Waals surface area contributed by atoms with E-state index >= 15 is 0 Å². The Kier molecular flexibility index (Phi) is 3.62. The predicted molar refractivity (Wildman–Crippen MR) is 62.4 cm³/mol. The molecule has 0 amide bonds. The molecule has 0 bridgehead atoms. The highest BCUT2D eigenvalue weighted by atomic mass is 16.6. The van der Waals surface area contributed by atoms with Crippen molar-refractivity contribution >= 4 is 0 Å². The first-order valence-electron chi connectivity index (χ1n) is 6.12. The Labute approximate surface area is 97.3 Å². The van der Waals surface area contributed by atoms with E-state index in [0.717, 1.165) is 18.4 Å². The molecule has 87 valence electrons. The van der Waals surface area contributed by atoms with E-state index in [2.05, 4.69) is 0 Å². The molecule has 1 unspecified atom stereocenters. The van der Waals surface area contributed by atoms with E-state index in [1.807, 2.05) is 30.3 Å². The molecule has 2 heteroatoms. The van der Waals surface area contributed by atoms with E-state index < -0.39 is 5.79 Å². The largest absolute Gasteiger partial charge is 0.341 e. The molecule has 1 aromatic carbocycles. The van der Waals surface area contributed by atoms with E-state index in [4.69, 9.17) is 4.74 Å². The molecule has 16 heavy (non-hydrogen) atoms. The van der Waals surface area contributed by atoms with E-state index in [1.54, 1.807) is 6.92 Å². The lowest BCUT2D eigenvalue weighted by molar-refractivity contribution is -0.265. The quantitative estimate of drug-likeness (QED) is 0.713. The van der Waals surface area contributed by atoms with Crippen LogP contribution in [0.3, 0.4) is 0 Å². The maximum atomic E-state index is 12.4. The van der Waals surface area contributed by atoms with Crippen LogP contribution in [0.2, 0.25) is 0 Å². The number of benzene rings is 1. The zero-order valence-electron chi connectivity index (χ0n) is 9.82. The van der Waals surface area contributed by atoms with Crippen LogP contribution in [-0.4, -0.2) is 6.10 Å². The van der Waals surface area contributed by atoms with Gasteiger partial charge in [-0.2, -0.15) is 5.11 Å². The van der Waals surface area contributed by atoms with Crippen molar-refractivity contribution in [1.29, 1.82) is 0 Å². The monoisotopic (exact) mass is 219 g/mol. The van der Waals surface area contributed by atoms with Crippen LogP contribution >= 0.6 is 0 Å². The maximum absolute atomic E-state index is 12.4. The van der Waals surface area contributed by atoms with Crippen molar-refractivity contribution in [3.05, 3.63) is 35.9 Å². The predicted octanol–water partition coefficient (Wildman–Crippen LogP) is 3.64. The highest BCUT2D eigenvalue weighted by Crippen LogP contribution is 2.29. The molecule has 0 heterocycles. The van der Waals surface area contributed by atoms with Gasteiger partial charge in [0.2, 0.25) is 5.79 Å². The van der Waals surface area contributed by atoms with Gasteiger partial charge in [0.05, 0.1) is 6.10 Å². The Morgan fingerprint density at radius 1 is 1.12 bits per heavy atom. The van der Waals surface area contributed by atoms with Crippen molar-refractivity contribution < 1.29 is 9.84 Å². The van der Waals surface area contributed by atoms with Crippen molar-refractivity contribution in [2.45, 2.75) is 50.9 Å². The smallest absolute Gasteiger partial charge is 0.225 e. The normalized spacial score (nSPS) is 21.6. The van der Waals surface area contributed by atoms with Crippen molar-refractivity contribution in [2.75, 3.05) is 0 Å². The summed E-state index contributed by atoms with van der Waals surface area (Å²) in [5, 5.41) is 12.4. The summed E-state index contributed by atoms with van der Waals surface area (Å²) >= 11 is 0. The summed E-state index contributed by atoms with van der Waals surface area (Å²) in [5.41, 5.74) is 0.723. The van der Waals surface area contributed by atoms with E-state index in [0.29, 0.717) is 0 Å². The lowest BCUT2D eigenvalue weighted by Gasteiger charge is -2.30. The first-order chi connectivity index (χ1) is 7.68. The minimum absolute atomic E-state index is 0.149. The zero-order valence-corrected chi connectivity index (χ0v) is 9.82. The van der Waals surface area contributed by atoms with Gasteiger partial charge in [-0.15, -0.1) is 0 Å². The summed E-state index contributed by atoms with van der Waals surface area (Å²) < 4.78 is 5.71. The van der Waals surface area contributed by atoms with Gasteiger partial charge >= 0.3 is 0 Å². The molecule has 1 atom stereocenters. The Morgan fingerprint density at radius 3 is 2.38 bits per heavy atom. The second-order valence-corrected chi connectivity index (χ2v) is 4.69. The lowest BCUT2D eigenvalue weighted by atomic mass is 9.97. The molecular weight excluding hydrogens is 200 g/mol. The van der Waals surface area contributed by atoms with Gasteiger partial charge in [0, 0.05) is 5.56 Å². The topological polar surface area (TPSA) is 29.1 Å². The van der Waals surface area contributed by atoms with Crippen LogP contribution in [0.15, 0.2) is 30.3 Å². The lowest BCUT2D eigenvalue weighted by Crippen LogP contribution is -2.31. The van der Waals surface area contributed by atoms with Crippen molar-refractivity contribution in [3.8, 4) is 0 Å². The first-order valence-corrected chi connectivity index (χ1v) is 6.12. The summed E-state index contributed by atoms with van der Waals surface area (Å²) in [4.78, 5) is 0. The fraction of sp³-hybridized carbons (Fsp3) is 0.571. The molecule has 1 aliphatic rings. The van der Waals surface area contributed by atoms with Gasteiger partial charge in [-0.05, 0) is 19.8 Å². The van der Waals surface area contributed by atoms with Gasteiger partial charge in [0.25, 0.3) is 0 Å². The average Bonchev–Trinajstić information content (AvgIpc) is 2.31. The van der Waals surface area contributed by atoms with Gasteiger partial charge in [-0.3, -0.25) is 0 Å². The van der Waals surface area contributed by atoms with Crippen LogP contribution in [0.25, 0.3) is 0 Å². The fourth-order valence-corrected chi connectivity index (χ4v) is 2.31. The molecule has 0 aliphatic heterocycles. The van der Waals surface area contributed by atoms with Crippen LogP contribution < -0.4 is 0 Å². The van der Waals surface area contributed by atoms with Crippen LogP contribution in [0.5, 0.6) is 0 Å². The number of hydrogen-bond donors (Lipinski definition) is 0. The minimum atomic E-state index is -1.40. The molecule has 0 saturated heterocycles. The SMILES string of the molecule is CC([O])(OC1CCCCC1)c1ccccc1. The molecule has 0 N–H and O–H groups in total. The van der Waals surface area contributed by atoms with Crippen molar-refractivity contribution in [2.24, 2.45) is 0 Å². The highest BCUT2D eigenvalue weighted by Gasteiger charge is 2.30. The number of hydrogen-bond acceptors (Lipinski definition) is 1. The molecule has 2 nitrogen and oxygen atoms in total. The third-order valence-electron chi connectivity index (χ3n) is 3.24. The van der Waals surface area contributed by atoms with Crippen LogP contribution in [-0.2, 0) is 15.6 Å². The number of rotatable bonds is 3. The summed E-state index contributed by atoms with van der Waals surface area (Å²) in [7, 11) is 0. The molecular formula is C14H19O2. The van der Waals surface area contributed by atoms with Crippen LogP contribution in [0.1, 0.15) is 44.6 Å². The van der Waals surface area contributed by atoms with E-state index in [9.17, 15) is 5.11 Å². The van der Waals surface area contributed by atoms with Gasteiger partial charge in [-0.1, -0.05) is 49.6 Å². The molecule has 1 saturated carbocycles. The van der Waals surface area contributed by atoms with Gasteiger partial charge < -0.3 is 4.74 Å². The van der Waals surface area contributed by atoms with Crippen LogP contribution in [0, 0.1) is 0 Å². The van der Waals surface area contributed by atoms with Crippen LogP contribution in [0.4, 0.5) is 0 Å². The molecule has 2 rings (SSSR count). The highest BCUT2D eigenvalue weighted by molar-refractivity contribution is 5.19. The third-order valence-corrected chi connectivity index (χ3v) is 3.24. The Hall–Kier alpha value is -0.860. The molecule has 0 aromatic heterocycles. The second-order valence-electron chi connectivity index (χ2n) is 4.69. The Bertz CT molecular complexity index is 313. The average molecular weight is 219 g/mol. The van der Waals surface area contributed by atoms with E-state index in [1.165, 1.54) is 19.3 Å². The molecule has 1 radical (unpaired) electrons. The summed E-state index contributed by atoms with van der Waals surface area (Å²) in [6.07, 6.45) is 5.87. The maximum Gasteiger partial charge on any atom is 0.225 e. The third kappa shape index (κ3) is 2.83. The summed E-state index contributed by atoms with van der Waals surface area (Å²) in [6.45, 7) is 1.62. The van der Waals surface area contributed by atoms with E-state index in [-0.39, 0.29) is 6.10 Å². The summed E-state index contributed by atoms with van der Waals surface area (Å²) in [6, 6.07) is 9.37. The summed E-state index contributed by atoms with van der Waals surface area (Å²) in [5.74, 6) is -1.40. The van der Waals surface area contributed by atoms with Gasteiger partial charge in [0.15, 0.2) is 0 Å². The molecule has 1 aromatic rings.